The Kier molecular flexibility index (Phi) is 3.13. The molecule has 1 aliphatic carbocycles. The molecule has 1 aliphatic heterocycles. The van der Waals surface area contributed by atoms with Gasteiger partial charge in [0.25, 0.3) is 0 Å². The predicted octanol–water partition coefficient (Wildman–Crippen LogP) is 2.95. The maximum atomic E-state index is 5.97. The molecule has 0 spiro atoms. The SMILES string of the molecule is C=CCN1CCCC2c3cc(N)ccc3CCC21. The van der Waals surface area contributed by atoms with E-state index in [0.29, 0.717) is 12.0 Å². The van der Waals surface area contributed by atoms with Crippen LogP contribution in [0.3, 0.4) is 0 Å². The van der Waals surface area contributed by atoms with Gasteiger partial charge < -0.3 is 5.73 Å². The number of rotatable bonds is 2. The van der Waals surface area contributed by atoms with Crippen molar-refractivity contribution in [1.29, 1.82) is 0 Å². The fraction of sp³-hybridized carbons (Fsp3) is 0.500. The monoisotopic (exact) mass is 242 g/mol. The van der Waals surface area contributed by atoms with Gasteiger partial charge in [0.15, 0.2) is 0 Å². The molecule has 0 bridgehead atoms. The maximum absolute atomic E-state index is 5.97. The van der Waals surface area contributed by atoms with Crippen molar-refractivity contribution in [3.8, 4) is 0 Å². The molecular formula is C16H22N2. The van der Waals surface area contributed by atoms with Gasteiger partial charge >= 0.3 is 0 Å². The standard InChI is InChI=1S/C16H22N2/c1-2-9-18-10-3-4-14-15-11-13(17)7-5-12(15)6-8-16(14)18/h2,5,7,11,14,16H,1,3-4,6,8-10,17H2. The molecule has 2 aliphatic rings. The van der Waals surface area contributed by atoms with Gasteiger partial charge in [-0.25, -0.2) is 0 Å². The normalized spacial score (nSPS) is 27.3. The van der Waals surface area contributed by atoms with Crippen LogP contribution in [0.4, 0.5) is 5.69 Å². The van der Waals surface area contributed by atoms with Gasteiger partial charge in [-0.3, -0.25) is 4.90 Å². The second-order valence-electron chi connectivity index (χ2n) is 5.60. The molecule has 2 nitrogen and oxygen atoms in total. The van der Waals surface area contributed by atoms with Crippen molar-refractivity contribution in [3.05, 3.63) is 42.0 Å². The number of anilines is 1. The summed E-state index contributed by atoms with van der Waals surface area (Å²) in [6.45, 7) is 6.14. The summed E-state index contributed by atoms with van der Waals surface area (Å²) in [5.74, 6) is 0.686. The average molecular weight is 242 g/mol. The van der Waals surface area contributed by atoms with E-state index < -0.39 is 0 Å². The first kappa shape index (κ1) is 11.8. The van der Waals surface area contributed by atoms with Crippen LogP contribution in [0, 0.1) is 0 Å². The third-order valence-corrected chi connectivity index (χ3v) is 4.54. The molecule has 0 aromatic heterocycles. The zero-order valence-corrected chi connectivity index (χ0v) is 10.9. The number of nitrogens with two attached hydrogens (primary N) is 1. The minimum atomic E-state index is 0.686. The lowest BCUT2D eigenvalue weighted by Gasteiger charge is -2.44. The van der Waals surface area contributed by atoms with Gasteiger partial charge in [-0.2, -0.15) is 0 Å². The molecule has 0 saturated carbocycles. The van der Waals surface area contributed by atoms with Crippen molar-refractivity contribution >= 4 is 5.69 Å². The Bertz CT molecular complexity index is 452. The Morgan fingerprint density at radius 1 is 1.39 bits per heavy atom. The van der Waals surface area contributed by atoms with Gasteiger partial charge in [0.05, 0.1) is 0 Å². The fourth-order valence-electron chi connectivity index (χ4n) is 3.76. The zero-order valence-electron chi connectivity index (χ0n) is 10.9. The Morgan fingerprint density at radius 3 is 3.11 bits per heavy atom. The number of aryl methyl sites for hydroxylation is 1. The summed E-state index contributed by atoms with van der Waals surface area (Å²) in [6.07, 6.45) is 7.13. The van der Waals surface area contributed by atoms with E-state index in [9.17, 15) is 0 Å². The van der Waals surface area contributed by atoms with Crippen molar-refractivity contribution in [2.45, 2.75) is 37.6 Å². The van der Waals surface area contributed by atoms with Crippen molar-refractivity contribution in [1.82, 2.24) is 4.90 Å². The van der Waals surface area contributed by atoms with E-state index in [1.165, 1.54) is 43.4 Å². The van der Waals surface area contributed by atoms with Crippen LogP contribution in [0.15, 0.2) is 30.9 Å². The van der Waals surface area contributed by atoms with Crippen LogP contribution in [-0.4, -0.2) is 24.0 Å². The van der Waals surface area contributed by atoms with Crippen LogP contribution in [0.5, 0.6) is 0 Å². The highest BCUT2D eigenvalue weighted by Gasteiger charge is 2.35. The van der Waals surface area contributed by atoms with Crippen molar-refractivity contribution in [2.24, 2.45) is 0 Å². The number of nitrogens with zero attached hydrogens (tertiary/aromatic N) is 1. The van der Waals surface area contributed by atoms with E-state index in [1.54, 1.807) is 0 Å². The topological polar surface area (TPSA) is 29.3 Å². The smallest absolute Gasteiger partial charge is 0.0317 e. The second kappa shape index (κ2) is 4.77. The minimum Gasteiger partial charge on any atom is -0.399 e. The first-order valence-corrected chi connectivity index (χ1v) is 7.03. The largest absolute Gasteiger partial charge is 0.399 e. The van der Waals surface area contributed by atoms with Crippen molar-refractivity contribution in [2.75, 3.05) is 18.8 Å². The van der Waals surface area contributed by atoms with Crippen LogP contribution >= 0.6 is 0 Å². The molecule has 1 saturated heterocycles. The molecule has 1 aromatic rings. The van der Waals surface area contributed by atoms with Crippen molar-refractivity contribution in [3.63, 3.8) is 0 Å². The first-order chi connectivity index (χ1) is 8.79. The Balaban J connectivity index is 1.93. The summed E-state index contributed by atoms with van der Waals surface area (Å²) in [7, 11) is 0. The van der Waals surface area contributed by atoms with E-state index in [4.69, 9.17) is 5.73 Å². The molecule has 18 heavy (non-hydrogen) atoms. The van der Waals surface area contributed by atoms with Gasteiger partial charge in [0.1, 0.15) is 0 Å². The molecule has 3 rings (SSSR count). The zero-order chi connectivity index (χ0) is 12.5. The summed E-state index contributed by atoms with van der Waals surface area (Å²) in [6, 6.07) is 7.19. The van der Waals surface area contributed by atoms with E-state index in [0.717, 1.165) is 12.2 Å². The molecule has 96 valence electrons. The van der Waals surface area contributed by atoms with Crippen LogP contribution in [0.25, 0.3) is 0 Å². The summed E-state index contributed by atoms with van der Waals surface area (Å²) < 4.78 is 0. The van der Waals surface area contributed by atoms with E-state index in [1.807, 2.05) is 12.1 Å². The Hall–Kier alpha value is -1.28. The molecule has 2 heteroatoms. The number of hydrogen-bond donors (Lipinski definition) is 1. The molecular weight excluding hydrogens is 220 g/mol. The Morgan fingerprint density at radius 2 is 2.28 bits per heavy atom. The number of fused-ring (bicyclic) bond motifs is 3. The molecule has 2 N–H and O–H groups in total. The molecule has 1 heterocycles. The van der Waals surface area contributed by atoms with E-state index in [-0.39, 0.29) is 0 Å². The molecule has 1 fully saturated rings. The van der Waals surface area contributed by atoms with Gasteiger partial charge in [-0.15, -0.1) is 6.58 Å². The molecule has 1 aromatic carbocycles. The van der Waals surface area contributed by atoms with Gasteiger partial charge in [-0.05, 0) is 61.4 Å². The summed E-state index contributed by atoms with van der Waals surface area (Å²) in [4.78, 5) is 2.60. The third-order valence-electron chi connectivity index (χ3n) is 4.54. The highest BCUT2D eigenvalue weighted by atomic mass is 15.2. The minimum absolute atomic E-state index is 0.686. The van der Waals surface area contributed by atoms with Crippen molar-refractivity contribution < 1.29 is 0 Å². The molecule has 0 amide bonds. The average Bonchev–Trinajstić information content (AvgIpc) is 2.39. The van der Waals surface area contributed by atoms with Crippen LogP contribution in [0.1, 0.15) is 36.3 Å². The lowest BCUT2D eigenvalue weighted by molar-refractivity contribution is 0.126. The van der Waals surface area contributed by atoms with Gasteiger partial charge in [0, 0.05) is 18.3 Å². The lowest BCUT2D eigenvalue weighted by atomic mass is 9.74. The number of nitrogen functional groups attached to an aromatic ring is 1. The fourth-order valence-corrected chi connectivity index (χ4v) is 3.76. The number of piperidine rings is 1. The number of benzene rings is 1. The highest BCUT2D eigenvalue weighted by Crippen LogP contribution is 2.41. The maximum Gasteiger partial charge on any atom is 0.0317 e. The van der Waals surface area contributed by atoms with Gasteiger partial charge in [0.2, 0.25) is 0 Å². The lowest BCUT2D eigenvalue weighted by Crippen LogP contribution is -2.46. The summed E-state index contributed by atoms with van der Waals surface area (Å²) in [5.41, 5.74) is 9.91. The van der Waals surface area contributed by atoms with E-state index in [2.05, 4.69) is 23.6 Å². The van der Waals surface area contributed by atoms with Crippen LogP contribution in [0.2, 0.25) is 0 Å². The summed E-state index contributed by atoms with van der Waals surface area (Å²) >= 11 is 0. The summed E-state index contributed by atoms with van der Waals surface area (Å²) in [5, 5.41) is 0. The highest BCUT2D eigenvalue weighted by molar-refractivity contribution is 5.48. The van der Waals surface area contributed by atoms with Crippen LogP contribution < -0.4 is 5.73 Å². The quantitative estimate of drug-likeness (QED) is 0.638. The van der Waals surface area contributed by atoms with Crippen LogP contribution in [-0.2, 0) is 6.42 Å². The van der Waals surface area contributed by atoms with Gasteiger partial charge in [-0.1, -0.05) is 12.1 Å². The van der Waals surface area contributed by atoms with E-state index >= 15 is 0 Å². The Labute approximate surface area is 109 Å². The number of likely N-dealkylation sites (tertiary alicyclic amines) is 1. The second-order valence-corrected chi connectivity index (χ2v) is 5.60. The molecule has 2 atom stereocenters. The first-order valence-electron chi connectivity index (χ1n) is 7.03. The molecule has 2 unspecified atom stereocenters. The molecule has 0 radical (unpaired) electrons. The number of hydrogen-bond acceptors (Lipinski definition) is 2. The predicted molar refractivity (Wildman–Crippen MR) is 76.7 cm³/mol. The third kappa shape index (κ3) is 1.95.